The highest BCUT2D eigenvalue weighted by molar-refractivity contribution is 7.99. The lowest BCUT2D eigenvalue weighted by atomic mass is 10.2. The third-order valence-electron chi connectivity index (χ3n) is 4.30. The molecule has 4 aromatic rings. The Morgan fingerprint density at radius 3 is 2.64 bits per heavy atom. The first kappa shape index (κ1) is 22.9. The molecule has 14 heteroatoms. The maximum atomic E-state index is 12.4. The summed E-state index contributed by atoms with van der Waals surface area (Å²) in [4.78, 5) is 40.4. The Hall–Kier alpha value is -3.29. The van der Waals surface area contributed by atoms with Crippen LogP contribution in [0.4, 0.5) is 5.13 Å². The minimum atomic E-state index is -0.607. The van der Waals surface area contributed by atoms with Gasteiger partial charge in [0.25, 0.3) is 5.56 Å². The lowest BCUT2D eigenvalue weighted by Gasteiger charge is -2.10. The molecule has 0 saturated carbocycles. The lowest BCUT2D eigenvalue weighted by molar-refractivity contribution is -0.113. The molecule has 11 nitrogen and oxygen atoms in total. The van der Waals surface area contributed by atoms with Crippen LogP contribution in [0.25, 0.3) is 5.69 Å². The Morgan fingerprint density at radius 1 is 1.15 bits per heavy atom. The maximum Gasteiger partial charge on any atom is 0.325 e. The average molecular weight is 505 g/mol. The summed E-state index contributed by atoms with van der Waals surface area (Å²) in [5.74, 6) is 0.275. The fourth-order valence-electron chi connectivity index (χ4n) is 2.88. The second kappa shape index (κ2) is 10.1. The third kappa shape index (κ3) is 5.74. The van der Waals surface area contributed by atoms with Crippen LogP contribution in [0.15, 0.2) is 45.1 Å². The smallest absolute Gasteiger partial charge is 0.311 e. The molecule has 1 aromatic carbocycles. The van der Waals surface area contributed by atoms with Gasteiger partial charge < -0.3 is 4.98 Å². The largest absolute Gasteiger partial charge is 0.325 e. The molecule has 0 aliphatic rings. The summed E-state index contributed by atoms with van der Waals surface area (Å²) in [6.07, 6.45) is 0.889. The van der Waals surface area contributed by atoms with Gasteiger partial charge in [-0.1, -0.05) is 41.6 Å². The van der Waals surface area contributed by atoms with Gasteiger partial charge >= 0.3 is 5.69 Å². The number of H-pyrrole nitrogens is 2. The van der Waals surface area contributed by atoms with E-state index in [2.05, 4.69) is 35.7 Å². The number of rotatable bonds is 8. The van der Waals surface area contributed by atoms with Crippen LogP contribution in [0.1, 0.15) is 23.4 Å². The molecule has 4 rings (SSSR count). The first-order valence-corrected chi connectivity index (χ1v) is 11.9. The van der Waals surface area contributed by atoms with Crippen LogP contribution in [0, 0.1) is 0 Å². The highest BCUT2D eigenvalue weighted by Gasteiger charge is 2.17. The van der Waals surface area contributed by atoms with Crippen LogP contribution in [-0.2, 0) is 17.6 Å². The quantitative estimate of drug-likeness (QED) is 0.308. The zero-order chi connectivity index (χ0) is 23.4. The van der Waals surface area contributed by atoms with Crippen LogP contribution in [0.5, 0.6) is 0 Å². The van der Waals surface area contributed by atoms with Crippen LogP contribution in [-0.4, -0.2) is 46.6 Å². The molecule has 0 aliphatic heterocycles. The number of aromatic nitrogens is 7. The van der Waals surface area contributed by atoms with Gasteiger partial charge in [0.1, 0.15) is 10.8 Å². The van der Waals surface area contributed by atoms with Crippen molar-refractivity contribution in [3.8, 4) is 5.69 Å². The van der Waals surface area contributed by atoms with Crippen LogP contribution in [0.2, 0.25) is 5.02 Å². The van der Waals surface area contributed by atoms with Crippen molar-refractivity contribution < 1.29 is 4.79 Å². The van der Waals surface area contributed by atoms with E-state index in [-0.39, 0.29) is 18.1 Å². The molecule has 0 aliphatic carbocycles. The molecule has 170 valence electrons. The van der Waals surface area contributed by atoms with E-state index in [1.165, 1.54) is 29.2 Å². The minimum Gasteiger partial charge on any atom is -0.311 e. The molecule has 0 bridgehead atoms. The van der Waals surface area contributed by atoms with Gasteiger partial charge in [-0.3, -0.25) is 24.5 Å². The number of benzene rings is 1. The van der Waals surface area contributed by atoms with E-state index in [1.807, 2.05) is 6.92 Å². The van der Waals surface area contributed by atoms with Gasteiger partial charge in [-0.15, -0.1) is 20.4 Å². The van der Waals surface area contributed by atoms with E-state index in [9.17, 15) is 14.4 Å². The summed E-state index contributed by atoms with van der Waals surface area (Å²) in [6, 6.07) is 8.30. The number of thioether (sulfide) groups is 1. The first-order chi connectivity index (χ1) is 15.9. The van der Waals surface area contributed by atoms with Gasteiger partial charge in [0, 0.05) is 28.9 Å². The van der Waals surface area contributed by atoms with Crippen molar-refractivity contribution in [2.24, 2.45) is 0 Å². The molecule has 0 atom stereocenters. The van der Waals surface area contributed by atoms with Gasteiger partial charge in [-0.05, 0) is 30.7 Å². The molecular formula is C19H17ClN8O3S2. The number of aryl methyl sites for hydroxylation is 1. The topological polar surface area (TPSA) is 151 Å². The van der Waals surface area contributed by atoms with E-state index in [0.29, 0.717) is 32.5 Å². The van der Waals surface area contributed by atoms with Crippen molar-refractivity contribution in [2.45, 2.75) is 24.9 Å². The minimum absolute atomic E-state index is 0.0641. The summed E-state index contributed by atoms with van der Waals surface area (Å²) >= 11 is 8.53. The molecule has 3 heterocycles. The Morgan fingerprint density at radius 2 is 1.94 bits per heavy atom. The second-order valence-electron chi connectivity index (χ2n) is 6.69. The number of hydrogen-bond donors (Lipinski definition) is 3. The molecule has 0 saturated heterocycles. The third-order valence-corrected chi connectivity index (χ3v) is 6.46. The molecule has 0 unspecified atom stereocenters. The summed E-state index contributed by atoms with van der Waals surface area (Å²) in [6.45, 7) is 1.96. The molecular weight excluding hydrogens is 488 g/mol. The van der Waals surface area contributed by atoms with E-state index in [0.717, 1.165) is 11.4 Å². The summed E-state index contributed by atoms with van der Waals surface area (Å²) in [5, 5.41) is 21.4. The Labute approximate surface area is 199 Å². The number of nitrogens with zero attached hydrogens (tertiary/aromatic N) is 5. The number of carbonyl (C=O) groups excluding carboxylic acids is 1. The van der Waals surface area contributed by atoms with Crippen LogP contribution < -0.4 is 16.6 Å². The van der Waals surface area contributed by atoms with Gasteiger partial charge in [0.05, 0.1) is 5.75 Å². The standard InChI is InChI=1S/C19H17ClN8O3S2/c1-2-16-25-26-18(33-16)23-15(30)9-32-19-27-24-13(7-11-8-14(29)22-17(31)21-11)28(19)12-5-3-10(20)4-6-12/h3-6,8H,2,7,9H2,1H3,(H,23,26,30)(H2,21,22,29,31). The molecule has 0 spiro atoms. The van der Waals surface area contributed by atoms with E-state index in [4.69, 9.17) is 11.6 Å². The number of anilines is 1. The summed E-state index contributed by atoms with van der Waals surface area (Å²) in [7, 11) is 0. The molecule has 33 heavy (non-hydrogen) atoms. The monoisotopic (exact) mass is 504 g/mol. The van der Waals surface area contributed by atoms with Crippen LogP contribution >= 0.6 is 34.7 Å². The zero-order valence-corrected chi connectivity index (χ0v) is 19.6. The van der Waals surface area contributed by atoms with Crippen molar-refractivity contribution in [3.05, 3.63) is 72.7 Å². The van der Waals surface area contributed by atoms with Gasteiger partial charge in [-0.25, -0.2) is 4.79 Å². The van der Waals surface area contributed by atoms with Crippen molar-refractivity contribution >= 4 is 45.7 Å². The molecule has 1 amide bonds. The van der Waals surface area contributed by atoms with Crippen molar-refractivity contribution in [1.29, 1.82) is 0 Å². The fraction of sp³-hybridized carbons (Fsp3) is 0.211. The van der Waals surface area contributed by atoms with Gasteiger partial charge in [0.2, 0.25) is 11.0 Å². The normalized spacial score (nSPS) is 11.0. The summed E-state index contributed by atoms with van der Waals surface area (Å²) < 4.78 is 1.74. The van der Waals surface area contributed by atoms with Crippen molar-refractivity contribution in [2.75, 3.05) is 11.1 Å². The Kier molecular flexibility index (Phi) is 7.01. The number of hydrogen-bond acceptors (Lipinski definition) is 9. The molecule has 0 radical (unpaired) electrons. The number of halogens is 1. The van der Waals surface area contributed by atoms with Gasteiger partial charge in [-0.2, -0.15) is 0 Å². The Bertz CT molecular complexity index is 1360. The van der Waals surface area contributed by atoms with Gasteiger partial charge in [0.15, 0.2) is 5.16 Å². The predicted molar refractivity (Wildman–Crippen MR) is 125 cm³/mol. The predicted octanol–water partition coefficient (Wildman–Crippen LogP) is 2.03. The van der Waals surface area contributed by atoms with E-state index >= 15 is 0 Å². The second-order valence-corrected chi connectivity index (χ2v) is 9.13. The van der Waals surface area contributed by atoms with E-state index < -0.39 is 11.2 Å². The highest BCUT2D eigenvalue weighted by Crippen LogP contribution is 2.25. The lowest BCUT2D eigenvalue weighted by Crippen LogP contribution is -2.23. The molecule has 3 N–H and O–H groups in total. The number of amides is 1. The molecule has 3 aromatic heterocycles. The zero-order valence-electron chi connectivity index (χ0n) is 17.2. The number of carbonyl (C=O) groups is 1. The van der Waals surface area contributed by atoms with Crippen molar-refractivity contribution in [3.63, 3.8) is 0 Å². The number of aromatic amines is 2. The van der Waals surface area contributed by atoms with Crippen LogP contribution in [0.3, 0.4) is 0 Å². The first-order valence-electron chi connectivity index (χ1n) is 9.69. The fourth-order valence-corrected chi connectivity index (χ4v) is 4.47. The SMILES string of the molecule is CCc1nnc(NC(=O)CSc2nnc(Cc3cc(=O)[nH]c(=O)[nH]3)n2-c2ccc(Cl)cc2)s1. The van der Waals surface area contributed by atoms with E-state index in [1.54, 1.807) is 28.8 Å². The average Bonchev–Trinajstić information content (AvgIpc) is 3.39. The highest BCUT2D eigenvalue weighted by atomic mass is 35.5. The molecule has 0 fully saturated rings. The summed E-state index contributed by atoms with van der Waals surface area (Å²) in [5.41, 5.74) is -0.0282. The Balaban J connectivity index is 1.57. The maximum absolute atomic E-state index is 12.4. The van der Waals surface area contributed by atoms with Crippen molar-refractivity contribution in [1.82, 2.24) is 34.9 Å². The number of nitrogens with one attached hydrogen (secondary N) is 3.